The van der Waals surface area contributed by atoms with Gasteiger partial charge in [0.15, 0.2) is 0 Å². The molecule has 2 N–H and O–H groups in total. The topological polar surface area (TPSA) is 100 Å². The molecule has 0 fully saturated rings. The molecule has 3 aromatic heterocycles. The molecule has 33 heavy (non-hydrogen) atoms. The van der Waals surface area contributed by atoms with Gasteiger partial charge in [-0.3, -0.25) is 0 Å². The number of fused-ring (bicyclic) bond motifs is 1. The summed E-state index contributed by atoms with van der Waals surface area (Å²) in [6, 6.07) is 11.9. The van der Waals surface area contributed by atoms with Gasteiger partial charge in [0.2, 0.25) is 5.95 Å². The number of nitrogens with two attached hydrogens (primary N) is 1. The molecule has 2 aromatic carbocycles. The molecule has 0 aliphatic rings. The molecule has 0 aliphatic heterocycles. The Morgan fingerprint density at radius 2 is 1.70 bits per heavy atom. The van der Waals surface area contributed by atoms with E-state index in [0.29, 0.717) is 10.8 Å². The van der Waals surface area contributed by atoms with Crippen molar-refractivity contribution in [1.82, 2.24) is 34.3 Å². The Labute approximate surface area is 196 Å². The van der Waals surface area contributed by atoms with E-state index in [1.165, 1.54) is 0 Å². The fourth-order valence-corrected chi connectivity index (χ4v) is 4.13. The lowest BCUT2D eigenvalue weighted by molar-refractivity contribution is 0.413. The van der Waals surface area contributed by atoms with Crippen LogP contribution in [0.25, 0.3) is 39.2 Å². The first kappa shape index (κ1) is 21.1. The lowest BCUT2D eigenvalue weighted by Gasteiger charge is -2.25. The summed E-state index contributed by atoms with van der Waals surface area (Å²) in [5.74, 6) is 1.74. The lowest BCUT2D eigenvalue weighted by atomic mass is 10.1. The Balaban J connectivity index is 1.76. The van der Waals surface area contributed by atoms with Crippen molar-refractivity contribution in [1.29, 1.82) is 0 Å². The van der Waals surface area contributed by atoms with Crippen molar-refractivity contribution < 1.29 is 0 Å². The van der Waals surface area contributed by atoms with Crippen molar-refractivity contribution in [2.24, 2.45) is 0 Å². The predicted octanol–water partition coefficient (Wildman–Crippen LogP) is 5.04. The maximum absolute atomic E-state index is 6.44. The number of aryl methyl sites for hydroxylation is 1. The van der Waals surface area contributed by atoms with Gasteiger partial charge >= 0.3 is 0 Å². The number of aromatic nitrogens is 7. The Kier molecular flexibility index (Phi) is 4.90. The summed E-state index contributed by atoms with van der Waals surface area (Å²) in [7, 11) is 0. The molecule has 0 aliphatic carbocycles. The number of imidazole rings is 1. The highest BCUT2D eigenvalue weighted by molar-refractivity contribution is 6.31. The van der Waals surface area contributed by atoms with E-state index in [1.54, 1.807) is 23.4 Å². The summed E-state index contributed by atoms with van der Waals surface area (Å²) >= 11 is 6.44. The second-order valence-corrected chi connectivity index (χ2v) is 9.31. The van der Waals surface area contributed by atoms with Gasteiger partial charge in [0.25, 0.3) is 0 Å². The molecule has 5 aromatic rings. The maximum Gasteiger partial charge on any atom is 0.219 e. The number of hydrogen-bond donors (Lipinski definition) is 1. The van der Waals surface area contributed by atoms with E-state index in [-0.39, 0.29) is 11.5 Å². The Morgan fingerprint density at radius 1 is 0.939 bits per heavy atom. The monoisotopic (exact) mass is 458 g/mol. The predicted molar refractivity (Wildman–Crippen MR) is 130 cm³/mol. The van der Waals surface area contributed by atoms with Gasteiger partial charge in [-0.2, -0.15) is 5.10 Å². The van der Waals surface area contributed by atoms with Crippen molar-refractivity contribution >= 4 is 28.6 Å². The molecule has 5 rings (SSSR count). The number of rotatable bonds is 3. The van der Waals surface area contributed by atoms with Crippen LogP contribution in [-0.4, -0.2) is 34.3 Å². The second-order valence-electron chi connectivity index (χ2n) is 8.87. The quantitative estimate of drug-likeness (QED) is 0.406. The van der Waals surface area contributed by atoms with Gasteiger partial charge < -0.3 is 10.3 Å². The van der Waals surface area contributed by atoms with Gasteiger partial charge in [0, 0.05) is 34.1 Å². The zero-order chi connectivity index (χ0) is 23.3. The summed E-state index contributed by atoms with van der Waals surface area (Å²) in [6.45, 7) is 8.33. The van der Waals surface area contributed by atoms with Gasteiger partial charge in [-0.25, -0.2) is 24.6 Å². The van der Waals surface area contributed by atoms with Crippen LogP contribution in [0, 0.1) is 6.92 Å². The molecule has 8 nitrogen and oxygen atoms in total. The minimum atomic E-state index is -0.242. The van der Waals surface area contributed by atoms with Crippen LogP contribution in [0.2, 0.25) is 5.02 Å². The van der Waals surface area contributed by atoms with Crippen molar-refractivity contribution in [2.75, 3.05) is 5.73 Å². The van der Waals surface area contributed by atoms with E-state index in [4.69, 9.17) is 22.3 Å². The average Bonchev–Trinajstić information content (AvgIpc) is 3.37. The number of nitrogen functional groups attached to an aromatic ring is 1. The fraction of sp³-hybridized carbons (Fsp3) is 0.208. The highest BCUT2D eigenvalue weighted by atomic mass is 35.5. The smallest absolute Gasteiger partial charge is 0.219 e. The van der Waals surface area contributed by atoms with Crippen LogP contribution >= 0.6 is 11.6 Å². The van der Waals surface area contributed by atoms with E-state index < -0.39 is 0 Å². The Hall–Kier alpha value is -3.78. The normalized spacial score (nSPS) is 11.9. The first-order chi connectivity index (χ1) is 15.7. The van der Waals surface area contributed by atoms with Crippen LogP contribution in [0.4, 0.5) is 5.95 Å². The molecule has 0 saturated carbocycles. The second kappa shape index (κ2) is 7.67. The van der Waals surface area contributed by atoms with Crippen LogP contribution in [0.1, 0.15) is 26.6 Å². The summed E-state index contributed by atoms with van der Waals surface area (Å²) in [5, 5.41) is 5.13. The van der Waals surface area contributed by atoms with Crippen LogP contribution < -0.4 is 5.73 Å². The minimum Gasteiger partial charge on any atom is -0.368 e. The first-order valence-electron chi connectivity index (χ1n) is 10.5. The third kappa shape index (κ3) is 3.82. The van der Waals surface area contributed by atoms with Crippen molar-refractivity contribution in [2.45, 2.75) is 33.2 Å². The van der Waals surface area contributed by atoms with Gasteiger partial charge in [0.05, 0.1) is 16.7 Å². The van der Waals surface area contributed by atoms with Gasteiger partial charge in [0.1, 0.15) is 18.0 Å². The Bertz CT molecular complexity index is 1480. The number of benzene rings is 2. The molecule has 3 heterocycles. The molecule has 0 bridgehead atoms. The van der Waals surface area contributed by atoms with Crippen LogP contribution in [0.5, 0.6) is 0 Å². The third-order valence-corrected chi connectivity index (χ3v) is 5.62. The molecule has 0 amide bonds. The van der Waals surface area contributed by atoms with E-state index in [9.17, 15) is 0 Å². The van der Waals surface area contributed by atoms with Crippen molar-refractivity contribution in [3.05, 3.63) is 66.0 Å². The lowest BCUT2D eigenvalue weighted by Crippen LogP contribution is -2.23. The number of anilines is 1. The molecule has 0 atom stereocenters. The van der Waals surface area contributed by atoms with Gasteiger partial charge in [-0.05, 0) is 63.6 Å². The van der Waals surface area contributed by atoms with E-state index in [2.05, 4.69) is 51.5 Å². The highest BCUT2D eigenvalue weighted by Crippen LogP contribution is 2.36. The standard InChI is InChI=1S/C24H23ClN8/c1-14-29-13-32(31-14)20-8-6-17(25)10-18(20)22-30-19-9-15(16-11-27-23(26)28-12-16)5-7-21(19)33(22)24(2,3)4/h5-13H,1-4H3,(H2,26,27,28). The summed E-state index contributed by atoms with van der Waals surface area (Å²) in [4.78, 5) is 17.6. The average molecular weight is 459 g/mol. The van der Waals surface area contributed by atoms with Crippen molar-refractivity contribution in [3.8, 4) is 28.2 Å². The molecule has 0 saturated heterocycles. The summed E-state index contributed by atoms with van der Waals surface area (Å²) in [5.41, 5.74) is 10.8. The minimum absolute atomic E-state index is 0.242. The molecular formula is C24H23ClN8. The fourth-order valence-electron chi connectivity index (χ4n) is 3.96. The van der Waals surface area contributed by atoms with Crippen LogP contribution in [-0.2, 0) is 5.54 Å². The summed E-state index contributed by atoms with van der Waals surface area (Å²) in [6.07, 6.45) is 5.13. The van der Waals surface area contributed by atoms with Gasteiger partial charge in [-0.15, -0.1) is 0 Å². The molecule has 0 radical (unpaired) electrons. The molecule has 0 spiro atoms. The highest BCUT2D eigenvalue weighted by Gasteiger charge is 2.25. The Morgan fingerprint density at radius 3 is 2.36 bits per heavy atom. The van der Waals surface area contributed by atoms with Gasteiger partial charge in [-0.1, -0.05) is 17.7 Å². The van der Waals surface area contributed by atoms with E-state index >= 15 is 0 Å². The number of halogens is 1. The summed E-state index contributed by atoms with van der Waals surface area (Å²) < 4.78 is 3.98. The largest absolute Gasteiger partial charge is 0.368 e. The zero-order valence-corrected chi connectivity index (χ0v) is 19.5. The van der Waals surface area contributed by atoms with E-state index in [0.717, 1.165) is 39.2 Å². The van der Waals surface area contributed by atoms with Crippen molar-refractivity contribution in [3.63, 3.8) is 0 Å². The molecule has 166 valence electrons. The molecule has 9 heteroatoms. The molecular weight excluding hydrogens is 436 g/mol. The first-order valence-corrected chi connectivity index (χ1v) is 10.9. The number of hydrogen-bond acceptors (Lipinski definition) is 6. The van der Waals surface area contributed by atoms with Crippen LogP contribution in [0.3, 0.4) is 0 Å². The van der Waals surface area contributed by atoms with Crippen LogP contribution in [0.15, 0.2) is 55.1 Å². The SMILES string of the molecule is Cc1ncn(-c2ccc(Cl)cc2-c2nc3cc(-c4cnc(N)nc4)ccc3n2C(C)(C)C)n1. The third-order valence-electron chi connectivity index (χ3n) is 5.38. The van der Waals surface area contributed by atoms with E-state index in [1.807, 2.05) is 37.3 Å². The number of nitrogens with zero attached hydrogens (tertiary/aromatic N) is 7. The molecule has 0 unspecified atom stereocenters. The maximum atomic E-state index is 6.44. The zero-order valence-electron chi connectivity index (χ0n) is 18.8.